The number of nitrogens with zero attached hydrogens (tertiary/aromatic N) is 2. The molecule has 10 heteroatoms. The summed E-state index contributed by atoms with van der Waals surface area (Å²) in [5, 5.41) is 3.73. The van der Waals surface area contributed by atoms with Gasteiger partial charge in [-0.2, -0.15) is 0 Å². The van der Waals surface area contributed by atoms with Gasteiger partial charge in [-0.1, -0.05) is 73.4 Å². The number of benzene rings is 3. The van der Waals surface area contributed by atoms with Gasteiger partial charge < -0.3 is 10.2 Å². The van der Waals surface area contributed by atoms with Crippen LogP contribution in [0.25, 0.3) is 0 Å². The fraction of sp³-hybridized carbons (Fsp3) is 0.286. The van der Waals surface area contributed by atoms with Gasteiger partial charge in [-0.3, -0.25) is 13.9 Å². The van der Waals surface area contributed by atoms with E-state index in [1.54, 1.807) is 60.7 Å². The summed E-state index contributed by atoms with van der Waals surface area (Å²) in [4.78, 5) is 28.4. The molecule has 7 nitrogen and oxygen atoms in total. The average Bonchev–Trinajstić information content (AvgIpc) is 2.91. The highest BCUT2D eigenvalue weighted by Gasteiger charge is 2.33. The van der Waals surface area contributed by atoms with Crippen molar-refractivity contribution in [2.75, 3.05) is 17.4 Å². The molecule has 3 rings (SSSR count). The second-order valence-corrected chi connectivity index (χ2v) is 11.4. The van der Waals surface area contributed by atoms with Crippen molar-refractivity contribution < 1.29 is 18.0 Å². The Hall–Kier alpha value is -3.07. The predicted molar refractivity (Wildman–Crippen MR) is 152 cm³/mol. The number of sulfonamides is 1. The Morgan fingerprint density at radius 1 is 0.895 bits per heavy atom. The fourth-order valence-electron chi connectivity index (χ4n) is 3.95. The van der Waals surface area contributed by atoms with Gasteiger partial charge in [-0.05, 0) is 60.9 Å². The summed E-state index contributed by atoms with van der Waals surface area (Å²) >= 11 is 12.2. The Balaban J connectivity index is 2.03. The van der Waals surface area contributed by atoms with Crippen molar-refractivity contribution in [1.82, 2.24) is 10.2 Å². The summed E-state index contributed by atoms with van der Waals surface area (Å²) in [6, 6.07) is 20.3. The summed E-state index contributed by atoms with van der Waals surface area (Å²) in [5.41, 5.74) is 0.995. The fourth-order valence-corrected chi connectivity index (χ4v) is 5.69. The van der Waals surface area contributed by atoms with Crippen LogP contribution >= 0.6 is 23.2 Å². The third-order valence-electron chi connectivity index (χ3n) is 5.91. The molecule has 0 aliphatic carbocycles. The molecule has 0 aliphatic rings. The van der Waals surface area contributed by atoms with Crippen molar-refractivity contribution in [3.63, 3.8) is 0 Å². The van der Waals surface area contributed by atoms with Crippen molar-refractivity contribution >= 4 is 50.7 Å². The zero-order valence-corrected chi connectivity index (χ0v) is 23.6. The minimum atomic E-state index is -4.14. The van der Waals surface area contributed by atoms with Crippen molar-refractivity contribution in [3.05, 3.63) is 94.5 Å². The topological polar surface area (TPSA) is 86.8 Å². The van der Waals surface area contributed by atoms with Crippen LogP contribution in [0.3, 0.4) is 0 Å². The van der Waals surface area contributed by atoms with Gasteiger partial charge in [0.25, 0.3) is 10.0 Å². The number of hydrogen-bond donors (Lipinski definition) is 1. The highest BCUT2D eigenvalue weighted by atomic mass is 35.5. The molecule has 0 aromatic heterocycles. The molecule has 0 saturated carbocycles. The third kappa shape index (κ3) is 7.49. The molecular weight excluding hydrogens is 545 g/mol. The second kappa shape index (κ2) is 13.6. The molecule has 0 heterocycles. The van der Waals surface area contributed by atoms with Gasteiger partial charge in [0.05, 0.1) is 10.6 Å². The summed E-state index contributed by atoms with van der Waals surface area (Å²) in [6.45, 7) is 3.80. The number of anilines is 1. The summed E-state index contributed by atoms with van der Waals surface area (Å²) in [5.74, 6) is -0.824. The molecule has 2 amide bonds. The Morgan fingerprint density at radius 3 is 2.18 bits per heavy atom. The molecule has 0 radical (unpaired) electrons. The first-order valence-corrected chi connectivity index (χ1v) is 14.5. The van der Waals surface area contributed by atoms with E-state index in [1.165, 1.54) is 23.1 Å². The van der Waals surface area contributed by atoms with Gasteiger partial charge in [0.2, 0.25) is 11.8 Å². The van der Waals surface area contributed by atoms with Crippen LogP contribution in [-0.4, -0.2) is 44.3 Å². The van der Waals surface area contributed by atoms with Gasteiger partial charge in [-0.25, -0.2) is 8.42 Å². The van der Waals surface area contributed by atoms with E-state index < -0.39 is 28.5 Å². The predicted octanol–water partition coefficient (Wildman–Crippen LogP) is 5.52. The van der Waals surface area contributed by atoms with Gasteiger partial charge in [0.1, 0.15) is 12.6 Å². The van der Waals surface area contributed by atoms with E-state index in [9.17, 15) is 18.0 Å². The van der Waals surface area contributed by atoms with Crippen LogP contribution < -0.4 is 9.62 Å². The summed E-state index contributed by atoms with van der Waals surface area (Å²) in [7, 11) is -4.14. The summed E-state index contributed by atoms with van der Waals surface area (Å²) < 4.78 is 28.5. The first kappa shape index (κ1) is 29.5. The Kier molecular flexibility index (Phi) is 10.6. The number of nitrogens with one attached hydrogen (secondary N) is 1. The van der Waals surface area contributed by atoms with E-state index in [0.717, 1.165) is 16.3 Å². The van der Waals surface area contributed by atoms with Crippen molar-refractivity contribution in [2.24, 2.45) is 0 Å². The third-order valence-corrected chi connectivity index (χ3v) is 8.18. The Morgan fingerprint density at radius 2 is 1.58 bits per heavy atom. The van der Waals surface area contributed by atoms with Crippen molar-refractivity contribution in [3.8, 4) is 0 Å². The van der Waals surface area contributed by atoms with E-state index in [-0.39, 0.29) is 23.0 Å². The molecular formula is C28H31Cl2N3O4S. The lowest BCUT2D eigenvalue weighted by molar-refractivity contribution is -0.140. The first-order chi connectivity index (χ1) is 18.2. The molecule has 38 heavy (non-hydrogen) atoms. The lowest BCUT2D eigenvalue weighted by atomic mass is 10.1. The minimum Gasteiger partial charge on any atom is -0.354 e. The molecule has 1 atom stereocenters. The Labute approximate surface area is 234 Å². The van der Waals surface area contributed by atoms with E-state index in [1.807, 2.05) is 13.8 Å². The highest BCUT2D eigenvalue weighted by molar-refractivity contribution is 7.92. The van der Waals surface area contributed by atoms with Crippen molar-refractivity contribution in [2.45, 2.75) is 44.2 Å². The maximum Gasteiger partial charge on any atom is 0.264 e. The van der Waals surface area contributed by atoms with Crippen LogP contribution in [0, 0.1) is 0 Å². The van der Waals surface area contributed by atoms with Crippen LogP contribution in [-0.2, 0) is 26.2 Å². The number of rotatable bonds is 12. The molecule has 202 valence electrons. The van der Waals surface area contributed by atoms with Crippen LogP contribution in [0.2, 0.25) is 10.0 Å². The van der Waals surface area contributed by atoms with Crippen LogP contribution in [0.1, 0.15) is 32.3 Å². The quantitative estimate of drug-likeness (QED) is 0.308. The lowest BCUT2D eigenvalue weighted by Gasteiger charge is -2.33. The van der Waals surface area contributed by atoms with Gasteiger partial charge in [-0.15, -0.1) is 0 Å². The number of amides is 2. The summed E-state index contributed by atoms with van der Waals surface area (Å²) in [6.07, 6.45) is 1.09. The zero-order valence-electron chi connectivity index (χ0n) is 21.3. The van der Waals surface area contributed by atoms with E-state index >= 15 is 0 Å². The van der Waals surface area contributed by atoms with Gasteiger partial charge in [0, 0.05) is 23.1 Å². The Bertz CT molecular complexity index is 1340. The van der Waals surface area contributed by atoms with Crippen LogP contribution in [0.4, 0.5) is 5.69 Å². The van der Waals surface area contributed by atoms with Gasteiger partial charge in [0.15, 0.2) is 0 Å². The van der Waals surface area contributed by atoms with E-state index in [0.29, 0.717) is 23.0 Å². The average molecular weight is 577 g/mol. The first-order valence-electron chi connectivity index (χ1n) is 12.3. The molecule has 0 spiro atoms. The molecule has 0 fully saturated rings. The second-order valence-electron chi connectivity index (χ2n) is 8.67. The molecule has 0 aliphatic heterocycles. The molecule has 0 unspecified atom stereocenters. The minimum absolute atomic E-state index is 0.0322. The smallest absolute Gasteiger partial charge is 0.264 e. The lowest BCUT2D eigenvalue weighted by Crippen LogP contribution is -2.52. The molecule has 0 bridgehead atoms. The van der Waals surface area contributed by atoms with E-state index in [4.69, 9.17) is 23.2 Å². The standard InChI is InChI=1S/C28H31Cl2N3O4S/c1-3-17-31-28(35)26(4-2)32(19-21-13-15-22(29)16-14-21)27(34)20-33(24-10-8-9-23(30)18-24)38(36,37)25-11-6-5-7-12-25/h5-16,18,26H,3-4,17,19-20H2,1-2H3,(H,31,35)/t26-/m0/s1. The normalized spacial score (nSPS) is 12.0. The zero-order chi connectivity index (χ0) is 27.7. The molecule has 3 aromatic carbocycles. The maximum atomic E-state index is 13.9. The number of halogens is 2. The highest BCUT2D eigenvalue weighted by Crippen LogP contribution is 2.27. The largest absolute Gasteiger partial charge is 0.354 e. The molecule has 3 aromatic rings. The van der Waals surface area contributed by atoms with E-state index in [2.05, 4.69) is 5.32 Å². The van der Waals surface area contributed by atoms with Crippen LogP contribution in [0.5, 0.6) is 0 Å². The number of hydrogen-bond acceptors (Lipinski definition) is 4. The van der Waals surface area contributed by atoms with Crippen molar-refractivity contribution in [1.29, 1.82) is 0 Å². The van der Waals surface area contributed by atoms with Gasteiger partial charge >= 0.3 is 0 Å². The SMILES string of the molecule is CCCNC(=O)[C@H](CC)N(Cc1ccc(Cl)cc1)C(=O)CN(c1cccc(Cl)c1)S(=O)(=O)c1ccccc1. The molecule has 0 saturated heterocycles. The monoisotopic (exact) mass is 575 g/mol. The van der Waals surface area contributed by atoms with Crippen LogP contribution in [0.15, 0.2) is 83.8 Å². The number of carbonyl (C=O) groups excluding carboxylic acids is 2. The number of carbonyl (C=O) groups is 2. The molecule has 1 N–H and O–H groups in total. The maximum absolute atomic E-state index is 13.9.